The van der Waals surface area contributed by atoms with Gasteiger partial charge in [-0.2, -0.15) is 0 Å². The van der Waals surface area contributed by atoms with Crippen molar-refractivity contribution in [2.45, 2.75) is 6.04 Å². The molecule has 0 saturated carbocycles. The van der Waals surface area contributed by atoms with E-state index in [1.165, 1.54) is 7.05 Å². The van der Waals surface area contributed by atoms with Gasteiger partial charge in [-0.25, -0.2) is 4.79 Å². The molecule has 134 valence electrons. The molecule has 0 aliphatic carbocycles. The maximum absolute atomic E-state index is 12.8. The summed E-state index contributed by atoms with van der Waals surface area (Å²) >= 11 is 0. The van der Waals surface area contributed by atoms with Crippen LogP contribution in [0.25, 0.3) is 16.6 Å². The molecule has 2 aromatic carbocycles. The van der Waals surface area contributed by atoms with Gasteiger partial charge in [0.05, 0.1) is 34.0 Å². The van der Waals surface area contributed by atoms with E-state index >= 15 is 0 Å². The molecule has 1 N–H and O–H groups in total. The number of nitrogens with zero attached hydrogens (tertiary/aromatic N) is 3. The number of hydrogen-bond acceptors (Lipinski definition) is 3. The molecule has 0 unspecified atom stereocenters. The standard InChI is InChI=1S/C21H18N4O2/c1-23-18-14(20(26)24(2)21(23)27)12-25-16-11-7-6-10-15(16)22-17(19(18)25)13-8-4-3-5-9-13/h3-12,17,22H,1-2H3/t17-/m0/s1. The summed E-state index contributed by atoms with van der Waals surface area (Å²) in [6.45, 7) is 0. The molecule has 6 nitrogen and oxygen atoms in total. The molecule has 0 bridgehead atoms. The van der Waals surface area contributed by atoms with Gasteiger partial charge in [0.2, 0.25) is 0 Å². The molecule has 1 aliphatic rings. The summed E-state index contributed by atoms with van der Waals surface area (Å²) < 4.78 is 4.76. The fraction of sp³-hybridized carbons (Fsp3) is 0.143. The predicted octanol–water partition coefficient (Wildman–Crippen LogP) is 2.54. The lowest BCUT2D eigenvalue weighted by molar-refractivity contribution is 0.708. The van der Waals surface area contributed by atoms with Crippen molar-refractivity contribution >= 4 is 16.6 Å². The third-order valence-electron chi connectivity index (χ3n) is 5.33. The Labute approximate surface area is 154 Å². The molecule has 0 amide bonds. The zero-order valence-electron chi connectivity index (χ0n) is 15.0. The number of para-hydroxylation sites is 2. The lowest BCUT2D eigenvalue weighted by atomic mass is 9.99. The monoisotopic (exact) mass is 358 g/mol. The Morgan fingerprint density at radius 2 is 1.59 bits per heavy atom. The van der Waals surface area contributed by atoms with Crippen molar-refractivity contribution in [2.75, 3.05) is 5.32 Å². The molecular formula is C21H18N4O2. The van der Waals surface area contributed by atoms with Gasteiger partial charge in [-0.05, 0) is 17.7 Å². The minimum Gasteiger partial charge on any atom is -0.371 e. The molecule has 5 rings (SSSR count). The van der Waals surface area contributed by atoms with Gasteiger partial charge in [0.15, 0.2) is 0 Å². The molecule has 0 spiro atoms. The van der Waals surface area contributed by atoms with E-state index in [2.05, 4.69) is 5.32 Å². The van der Waals surface area contributed by atoms with Gasteiger partial charge < -0.3 is 9.88 Å². The van der Waals surface area contributed by atoms with Gasteiger partial charge in [-0.1, -0.05) is 42.5 Å². The van der Waals surface area contributed by atoms with E-state index in [0.717, 1.165) is 27.2 Å². The highest BCUT2D eigenvalue weighted by Crippen LogP contribution is 2.40. The van der Waals surface area contributed by atoms with Gasteiger partial charge in [0, 0.05) is 20.3 Å². The van der Waals surface area contributed by atoms with E-state index in [9.17, 15) is 9.59 Å². The number of benzene rings is 2. The zero-order valence-corrected chi connectivity index (χ0v) is 15.0. The van der Waals surface area contributed by atoms with Crippen LogP contribution in [-0.4, -0.2) is 13.7 Å². The van der Waals surface area contributed by atoms with Gasteiger partial charge in [0.1, 0.15) is 0 Å². The van der Waals surface area contributed by atoms with Crippen molar-refractivity contribution in [1.29, 1.82) is 0 Å². The van der Waals surface area contributed by atoms with Crippen molar-refractivity contribution in [2.24, 2.45) is 14.1 Å². The fourth-order valence-corrected chi connectivity index (χ4v) is 4.00. The van der Waals surface area contributed by atoms with Crippen molar-refractivity contribution < 1.29 is 0 Å². The van der Waals surface area contributed by atoms with E-state index in [1.807, 2.05) is 65.4 Å². The topological polar surface area (TPSA) is 61.0 Å². The molecule has 0 fully saturated rings. The van der Waals surface area contributed by atoms with Gasteiger partial charge in [-0.3, -0.25) is 13.9 Å². The summed E-state index contributed by atoms with van der Waals surface area (Å²) in [6, 6.07) is 17.9. The number of rotatable bonds is 1. The minimum absolute atomic E-state index is 0.170. The number of anilines is 1. The number of aromatic nitrogens is 3. The van der Waals surface area contributed by atoms with E-state index < -0.39 is 0 Å². The fourth-order valence-electron chi connectivity index (χ4n) is 4.00. The van der Waals surface area contributed by atoms with E-state index in [4.69, 9.17) is 0 Å². The van der Waals surface area contributed by atoms with Crippen LogP contribution in [0.2, 0.25) is 0 Å². The van der Waals surface area contributed by atoms with Crippen LogP contribution in [0.3, 0.4) is 0 Å². The minimum atomic E-state index is -0.327. The smallest absolute Gasteiger partial charge is 0.331 e. The average molecular weight is 358 g/mol. The maximum Gasteiger partial charge on any atom is 0.331 e. The first-order chi connectivity index (χ1) is 13.1. The first-order valence-electron chi connectivity index (χ1n) is 8.80. The van der Waals surface area contributed by atoms with Crippen molar-refractivity contribution in [3.63, 3.8) is 0 Å². The van der Waals surface area contributed by atoms with Crippen molar-refractivity contribution in [3.8, 4) is 5.69 Å². The van der Waals surface area contributed by atoms with Crippen molar-refractivity contribution in [3.05, 3.63) is 92.9 Å². The Morgan fingerprint density at radius 3 is 2.37 bits per heavy atom. The summed E-state index contributed by atoms with van der Waals surface area (Å²) in [6.07, 6.45) is 1.85. The number of nitrogens with one attached hydrogen (secondary N) is 1. The number of fused-ring (bicyclic) bond motifs is 5. The Hall–Kier alpha value is -3.54. The van der Waals surface area contributed by atoms with Crippen LogP contribution in [-0.2, 0) is 14.1 Å². The van der Waals surface area contributed by atoms with Crippen LogP contribution in [0.5, 0.6) is 0 Å². The normalized spacial score (nSPS) is 15.3. The molecule has 0 radical (unpaired) electrons. The molecule has 2 aromatic heterocycles. The predicted molar refractivity (Wildman–Crippen MR) is 106 cm³/mol. The first kappa shape index (κ1) is 15.7. The van der Waals surface area contributed by atoms with Crippen LogP contribution in [0, 0.1) is 0 Å². The summed E-state index contributed by atoms with van der Waals surface area (Å²) in [5.74, 6) is 0. The van der Waals surface area contributed by atoms with Crippen LogP contribution in [0.1, 0.15) is 17.3 Å². The summed E-state index contributed by atoms with van der Waals surface area (Å²) in [5, 5.41) is 4.12. The molecule has 4 aromatic rings. The molecule has 6 heteroatoms. The zero-order chi connectivity index (χ0) is 18.7. The van der Waals surface area contributed by atoms with Crippen LogP contribution in [0.4, 0.5) is 5.69 Å². The largest absolute Gasteiger partial charge is 0.371 e. The quantitative estimate of drug-likeness (QED) is 0.569. The number of hydrogen-bond donors (Lipinski definition) is 1. The Kier molecular flexibility index (Phi) is 3.18. The third-order valence-corrected chi connectivity index (χ3v) is 5.33. The third kappa shape index (κ3) is 2.07. The number of aryl methyl sites for hydroxylation is 1. The van der Waals surface area contributed by atoms with E-state index in [-0.39, 0.29) is 17.3 Å². The molecule has 27 heavy (non-hydrogen) atoms. The average Bonchev–Trinajstić information content (AvgIpc) is 3.12. The Bertz CT molecular complexity index is 1310. The van der Waals surface area contributed by atoms with Crippen molar-refractivity contribution in [1.82, 2.24) is 13.7 Å². The summed E-state index contributed by atoms with van der Waals surface area (Å²) in [7, 11) is 3.23. The highest BCUT2D eigenvalue weighted by molar-refractivity contribution is 5.86. The lowest BCUT2D eigenvalue weighted by Gasteiger charge is -2.30. The van der Waals surface area contributed by atoms with E-state index in [1.54, 1.807) is 11.6 Å². The van der Waals surface area contributed by atoms with Gasteiger partial charge in [0.25, 0.3) is 5.56 Å². The van der Waals surface area contributed by atoms with Crippen LogP contribution in [0.15, 0.2) is 70.4 Å². The second kappa shape index (κ2) is 5.48. The molecule has 1 atom stereocenters. The molecule has 3 heterocycles. The summed E-state index contributed by atoms with van der Waals surface area (Å²) in [4.78, 5) is 25.4. The molecule has 0 saturated heterocycles. The summed E-state index contributed by atoms with van der Waals surface area (Å²) in [5.41, 5.74) is 3.98. The molecular weight excluding hydrogens is 340 g/mol. The van der Waals surface area contributed by atoms with Gasteiger partial charge in [-0.15, -0.1) is 0 Å². The van der Waals surface area contributed by atoms with E-state index in [0.29, 0.717) is 10.9 Å². The lowest BCUT2D eigenvalue weighted by Crippen LogP contribution is -2.37. The van der Waals surface area contributed by atoms with Crippen LogP contribution < -0.4 is 16.6 Å². The highest BCUT2D eigenvalue weighted by Gasteiger charge is 2.30. The Morgan fingerprint density at radius 1 is 0.889 bits per heavy atom. The SMILES string of the molecule is Cn1c(=O)c2cn3c(c2n(C)c1=O)[C@H](c1ccccc1)Nc1ccccc1-3. The highest BCUT2D eigenvalue weighted by atomic mass is 16.2. The first-order valence-corrected chi connectivity index (χ1v) is 8.80. The van der Waals surface area contributed by atoms with Crippen LogP contribution >= 0.6 is 0 Å². The second-order valence-corrected chi connectivity index (χ2v) is 6.86. The Balaban J connectivity index is 1.96. The molecule has 1 aliphatic heterocycles. The van der Waals surface area contributed by atoms with Gasteiger partial charge >= 0.3 is 5.69 Å². The second-order valence-electron chi connectivity index (χ2n) is 6.86. The maximum atomic E-state index is 12.8.